The molecular weight excluding hydrogens is 286 g/mol. The highest BCUT2D eigenvalue weighted by Crippen LogP contribution is 2.24. The smallest absolute Gasteiger partial charge is 0.0657 e. The molecular formula is C20H27NO2. The van der Waals surface area contributed by atoms with Gasteiger partial charge < -0.3 is 15.2 Å². The number of nitrogens with one attached hydrogen (secondary N) is 1. The van der Waals surface area contributed by atoms with Crippen molar-refractivity contribution in [3.05, 3.63) is 71.8 Å². The third-order valence-corrected chi connectivity index (χ3v) is 4.04. The summed E-state index contributed by atoms with van der Waals surface area (Å²) in [5.74, 6) is 0. The Hall–Kier alpha value is -1.68. The van der Waals surface area contributed by atoms with Crippen molar-refractivity contribution < 1.29 is 9.84 Å². The van der Waals surface area contributed by atoms with E-state index in [4.69, 9.17) is 9.84 Å². The standard InChI is InChI=1S/C20H27NO2/c1-23-16-20(18-12-6-3-7-13-18)21-19(14-8-9-15-22)17-10-4-2-5-11-17/h2-7,10-13,19-22H,8-9,14-16H2,1H3/t19-,20+/m1/s1. The maximum absolute atomic E-state index is 9.05. The van der Waals surface area contributed by atoms with E-state index in [1.165, 1.54) is 11.1 Å². The quantitative estimate of drug-likeness (QED) is 0.654. The minimum absolute atomic E-state index is 0.153. The summed E-state index contributed by atoms with van der Waals surface area (Å²) in [5, 5.41) is 12.8. The lowest BCUT2D eigenvalue weighted by molar-refractivity contribution is 0.159. The first kappa shape index (κ1) is 17.7. The molecule has 0 spiro atoms. The average Bonchev–Trinajstić information content (AvgIpc) is 2.62. The van der Waals surface area contributed by atoms with Crippen molar-refractivity contribution in [2.45, 2.75) is 31.3 Å². The van der Waals surface area contributed by atoms with Crippen LogP contribution in [0.2, 0.25) is 0 Å². The van der Waals surface area contributed by atoms with Crippen molar-refractivity contribution in [3.63, 3.8) is 0 Å². The lowest BCUT2D eigenvalue weighted by atomic mass is 9.98. The van der Waals surface area contributed by atoms with Crippen LogP contribution in [-0.4, -0.2) is 25.4 Å². The highest BCUT2D eigenvalue weighted by molar-refractivity contribution is 5.22. The average molecular weight is 313 g/mol. The topological polar surface area (TPSA) is 41.5 Å². The lowest BCUT2D eigenvalue weighted by Crippen LogP contribution is -2.29. The molecule has 0 saturated heterocycles. The van der Waals surface area contributed by atoms with E-state index in [-0.39, 0.29) is 18.7 Å². The number of unbranched alkanes of at least 4 members (excludes halogenated alkanes) is 1. The van der Waals surface area contributed by atoms with Gasteiger partial charge >= 0.3 is 0 Å². The van der Waals surface area contributed by atoms with Crippen LogP contribution in [0.3, 0.4) is 0 Å². The molecule has 0 saturated carbocycles. The lowest BCUT2D eigenvalue weighted by Gasteiger charge is -2.26. The molecule has 0 unspecified atom stereocenters. The Morgan fingerprint density at radius 2 is 1.43 bits per heavy atom. The minimum atomic E-state index is 0.153. The summed E-state index contributed by atoms with van der Waals surface area (Å²) in [6, 6.07) is 21.3. The Morgan fingerprint density at radius 3 is 1.96 bits per heavy atom. The molecule has 2 N–H and O–H groups in total. The highest BCUT2D eigenvalue weighted by atomic mass is 16.5. The number of hydrogen-bond donors (Lipinski definition) is 2. The first-order chi connectivity index (χ1) is 11.3. The van der Waals surface area contributed by atoms with E-state index in [1.54, 1.807) is 7.11 Å². The van der Waals surface area contributed by atoms with Crippen LogP contribution in [0.25, 0.3) is 0 Å². The molecule has 0 aromatic heterocycles. The van der Waals surface area contributed by atoms with Gasteiger partial charge in [-0.1, -0.05) is 60.7 Å². The molecule has 2 aromatic rings. The van der Waals surface area contributed by atoms with E-state index in [1.807, 2.05) is 12.1 Å². The van der Waals surface area contributed by atoms with Gasteiger partial charge in [-0.05, 0) is 30.4 Å². The van der Waals surface area contributed by atoms with Gasteiger partial charge in [0.05, 0.1) is 12.6 Å². The largest absolute Gasteiger partial charge is 0.396 e. The predicted molar refractivity (Wildman–Crippen MR) is 94.3 cm³/mol. The molecule has 0 aliphatic rings. The van der Waals surface area contributed by atoms with Crippen molar-refractivity contribution in [1.29, 1.82) is 0 Å². The molecule has 0 radical (unpaired) electrons. The highest BCUT2D eigenvalue weighted by Gasteiger charge is 2.18. The molecule has 2 rings (SSSR count). The second-order valence-corrected chi connectivity index (χ2v) is 5.77. The number of benzene rings is 2. The van der Waals surface area contributed by atoms with Crippen molar-refractivity contribution in [3.8, 4) is 0 Å². The molecule has 0 fully saturated rings. The van der Waals surface area contributed by atoms with Gasteiger partial charge in [-0.25, -0.2) is 0 Å². The van der Waals surface area contributed by atoms with Crippen LogP contribution in [0.1, 0.15) is 42.5 Å². The van der Waals surface area contributed by atoms with Gasteiger partial charge in [0.1, 0.15) is 0 Å². The molecule has 0 amide bonds. The van der Waals surface area contributed by atoms with Crippen LogP contribution < -0.4 is 5.32 Å². The summed E-state index contributed by atoms with van der Waals surface area (Å²) in [6.07, 6.45) is 2.83. The third-order valence-electron chi connectivity index (χ3n) is 4.04. The number of methoxy groups -OCH3 is 1. The van der Waals surface area contributed by atoms with Gasteiger partial charge in [-0.3, -0.25) is 0 Å². The Balaban J connectivity index is 2.13. The van der Waals surface area contributed by atoms with Crippen molar-refractivity contribution in [1.82, 2.24) is 5.32 Å². The summed E-state index contributed by atoms with van der Waals surface area (Å²) in [5.41, 5.74) is 2.51. The fourth-order valence-electron chi connectivity index (χ4n) is 2.83. The van der Waals surface area contributed by atoms with Crippen LogP contribution in [0.15, 0.2) is 60.7 Å². The summed E-state index contributed by atoms with van der Waals surface area (Å²) in [7, 11) is 1.74. The molecule has 124 valence electrons. The van der Waals surface area contributed by atoms with Crippen molar-refractivity contribution >= 4 is 0 Å². The molecule has 0 bridgehead atoms. The molecule has 2 aromatic carbocycles. The van der Waals surface area contributed by atoms with E-state index < -0.39 is 0 Å². The maximum atomic E-state index is 9.05. The maximum Gasteiger partial charge on any atom is 0.0657 e. The van der Waals surface area contributed by atoms with Gasteiger partial charge in [0, 0.05) is 19.8 Å². The normalized spacial score (nSPS) is 13.7. The zero-order chi connectivity index (χ0) is 16.3. The second kappa shape index (κ2) is 10.2. The molecule has 0 aliphatic carbocycles. The van der Waals surface area contributed by atoms with Crippen LogP contribution >= 0.6 is 0 Å². The van der Waals surface area contributed by atoms with Gasteiger partial charge in [-0.2, -0.15) is 0 Å². The Morgan fingerprint density at radius 1 is 0.870 bits per heavy atom. The van der Waals surface area contributed by atoms with E-state index in [0.29, 0.717) is 6.61 Å². The van der Waals surface area contributed by atoms with E-state index in [0.717, 1.165) is 19.3 Å². The second-order valence-electron chi connectivity index (χ2n) is 5.77. The van der Waals surface area contributed by atoms with Gasteiger partial charge in [-0.15, -0.1) is 0 Å². The molecule has 0 aliphatic heterocycles. The first-order valence-electron chi connectivity index (χ1n) is 8.31. The number of aliphatic hydroxyl groups excluding tert-OH is 1. The zero-order valence-electron chi connectivity index (χ0n) is 13.8. The van der Waals surface area contributed by atoms with Gasteiger partial charge in [0.15, 0.2) is 0 Å². The molecule has 2 atom stereocenters. The van der Waals surface area contributed by atoms with Crippen molar-refractivity contribution in [2.24, 2.45) is 0 Å². The van der Waals surface area contributed by atoms with Crippen LogP contribution in [0.5, 0.6) is 0 Å². The molecule has 3 nitrogen and oxygen atoms in total. The van der Waals surface area contributed by atoms with Crippen LogP contribution in [0, 0.1) is 0 Å². The predicted octanol–water partition coefficient (Wildman–Crippen LogP) is 3.87. The molecule has 0 heterocycles. The van der Waals surface area contributed by atoms with E-state index in [9.17, 15) is 0 Å². The Labute approximate surface area is 139 Å². The number of hydrogen-bond acceptors (Lipinski definition) is 3. The van der Waals surface area contributed by atoms with Gasteiger partial charge in [0.2, 0.25) is 0 Å². The zero-order valence-corrected chi connectivity index (χ0v) is 13.8. The minimum Gasteiger partial charge on any atom is -0.396 e. The summed E-state index contributed by atoms with van der Waals surface area (Å²) >= 11 is 0. The van der Waals surface area contributed by atoms with Crippen LogP contribution in [0.4, 0.5) is 0 Å². The Bertz CT molecular complexity index is 530. The van der Waals surface area contributed by atoms with Gasteiger partial charge in [0.25, 0.3) is 0 Å². The molecule has 23 heavy (non-hydrogen) atoms. The van der Waals surface area contributed by atoms with Crippen molar-refractivity contribution in [2.75, 3.05) is 20.3 Å². The summed E-state index contributed by atoms with van der Waals surface area (Å²) in [6.45, 7) is 0.884. The number of ether oxygens (including phenoxy) is 1. The fraction of sp³-hybridized carbons (Fsp3) is 0.400. The van der Waals surface area contributed by atoms with E-state index in [2.05, 4.69) is 53.8 Å². The summed E-state index contributed by atoms with van der Waals surface area (Å²) < 4.78 is 5.42. The third kappa shape index (κ3) is 5.79. The number of aliphatic hydroxyl groups is 1. The van der Waals surface area contributed by atoms with Crippen LogP contribution in [-0.2, 0) is 4.74 Å². The fourth-order valence-corrected chi connectivity index (χ4v) is 2.83. The molecule has 3 heteroatoms. The summed E-state index contributed by atoms with van der Waals surface area (Å²) in [4.78, 5) is 0. The first-order valence-corrected chi connectivity index (χ1v) is 8.31. The Kier molecular flexibility index (Phi) is 7.81. The monoisotopic (exact) mass is 313 g/mol. The number of rotatable bonds is 10. The SMILES string of the molecule is COC[C@H](N[C@H](CCCCO)c1ccccc1)c1ccccc1. The van der Waals surface area contributed by atoms with E-state index >= 15 is 0 Å².